The van der Waals surface area contributed by atoms with Gasteiger partial charge in [-0.15, -0.1) is 0 Å². The maximum Gasteiger partial charge on any atom is 0.476 e. The minimum absolute atomic E-state index is 3.43. The Hall–Kier alpha value is 0.830. The first-order valence-electron chi connectivity index (χ1n) is 2.28. The van der Waals surface area contributed by atoms with Crippen LogP contribution in [0.5, 0.6) is 0 Å². The van der Waals surface area contributed by atoms with Gasteiger partial charge in [0.1, 0.15) is 0 Å². The van der Waals surface area contributed by atoms with Gasteiger partial charge in [0.2, 0.25) is 0 Å². The summed E-state index contributed by atoms with van der Waals surface area (Å²) >= 11 is 3.88. The largest absolute Gasteiger partial charge is 0.476 e. The molecule has 0 radical (unpaired) electrons. The first-order valence-corrected chi connectivity index (χ1v) is 7.93. The van der Waals surface area contributed by atoms with E-state index in [1.165, 1.54) is 0 Å². The molecule has 0 aliphatic heterocycles. The molecule has 0 unspecified atom stereocenters. The fourth-order valence-corrected chi connectivity index (χ4v) is 4.39. The van der Waals surface area contributed by atoms with Crippen molar-refractivity contribution in [3.63, 3.8) is 0 Å². The van der Waals surface area contributed by atoms with Crippen molar-refractivity contribution in [2.45, 2.75) is 0 Å². The van der Waals surface area contributed by atoms with Gasteiger partial charge in [-0.2, -0.15) is 0 Å². The summed E-state index contributed by atoms with van der Waals surface area (Å²) in [6, 6.07) is 0. The predicted octanol–water partition coefficient (Wildman–Crippen LogP) is -0.578. The van der Waals surface area contributed by atoms with Gasteiger partial charge in [-0.1, -0.05) is 0 Å². The van der Waals surface area contributed by atoms with Gasteiger partial charge in [0.25, 0.3) is 0 Å². The second kappa shape index (κ2) is 4.14. The van der Waals surface area contributed by atoms with Crippen molar-refractivity contribution in [2.75, 3.05) is 0 Å². The van der Waals surface area contributed by atoms with E-state index in [4.69, 9.17) is 24.5 Å². The molecule has 0 amide bonds. The summed E-state index contributed by atoms with van der Waals surface area (Å²) in [6.07, 6.45) is 0. The summed E-state index contributed by atoms with van der Waals surface area (Å²) in [5, 5.41) is 0. The van der Waals surface area contributed by atoms with Crippen LogP contribution in [0.1, 0.15) is 0 Å². The molecular formula is H5O9P3S. The molecule has 5 N–H and O–H groups in total. The van der Waals surface area contributed by atoms with Gasteiger partial charge in [-0.3, -0.25) is 0 Å². The van der Waals surface area contributed by atoms with Gasteiger partial charge in [-0.05, 0) is 11.8 Å². The highest BCUT2D eigenvalue weighted by molar-refractivity contribution is 8.09. The van der Waals surface area contributed by atoms with E-state index in [2.05, 4.69) is 20.4 Å². The minimum Gasteiger partial charge on any atom is -0.324 e. The number of rotatable bonds is 4. The van der Waals surface area contributed by atoms with E-state index in [9.17, 15) is 9.13 Å². The van der Waals surface area contributed by atoms with Crippen LogP contribution in [0.15, 0.2) is 0 Å². The summed E-state index contributed by atoms with van der Waals surface area (Å²) in [6.45, 7) is -4.63. The van der Waals surface area contributed by atoms with E-state index in [0.717, 1.165) is 0 Å². The molecule has 80 valence electrons. The summed E-state index contributed by atoms with van der Waals surface area (Å²) in [5.41, 5.74) is 0. The molecule has 0 spiro atoms. The van der Waals surface area contributed by atoms with Gasteiger partial charge < -0.3 is 24.5 Å². The molecule has 0 aromatic rings. The number of phosphoric acid groups is 2. The quantitative estimate of drug-likeness (QED) is 0.420. The molecule has 13 heavy (non-hydrogen) atoms. The fraction of sp³-hybridized carbons (Fsp3) is 0. The lowest BCUT2D eigenvalue weighted by Gasteiger charge is -2.15. The Kier molecular flexibility index (Phi) is 4.40. The van der Waals surface area contributed by atoms with Crippen LogP contribution in [0.4, 0.5) is 0 Å². The molecule has 0 aliphatic carbocycles. The number of hydrogen-bond donors (Lipinski definition) is 5. The fourth-order valence-electron chi connectivity index (χ4n) is 0.284. The molecule has 13 heteroatoms. The van der Waals surface area contributed by atoms with Crippen molar-refractivity contribution in [3.05, 3.63) is 0 Å². The zero-order chi connectivity index (χ0) is 10.9. The Morgan fingerprint density at radius 1 is 0.846 bits per heavy atom. The van der Waals surface area contributed by atoms with Crippen molar-refractivity contribution in [1.29, 1.82) is 0 Å². The summed E-state index contributed by atoms with van der Waals surface area (Å²) in [7, 11) is -10.3. The molecule has 0 saturated heterocycles. The molecule has 0 bridgehead atoms. The Balaban J connectivity index is 4.54. The van der Waals surface area contributed by atoms with Crippen molar-refractivity contribution in [2.24, 2.45) is 0 Å². The third-order valence-corrected chi connectivity index (χ3v) is 4.97. The van der Waals surface area contributed by atoms with Crippen LogP contribution < -0.4 is 0 Å². The van der Waals surface area contributed by atoms with Gasteiger partial charge in [0, 0.05) is 0 Å². The van der Waals surface area contributed by atoms with Crippen molar-refractivity contribution >= 4 is 34.2 Å². The monoisotopic (exact) mass is 274 g/mol. The zero-order valence-corrected chi connectivity index (χ0v) is 9.12. The SMILES string of the molecule is O=P(O)(O)OP(O)(=S)OP(=O)(O)O. The summed E-state index contributed by atoms with van der Waals surface area (Å²) in [5.74, 6) is 0. The molecular weight excluding hydrogens is 269 g/mol. The Morgan fingerprint density at radius 2 is 1.08 bits per heavy atom. The van der Waals surface area contributed by atoms with E-state index >= 15 is 0 Å². The van der Waals surface area contributed by atoms with E-state index in [0.29, 0.717) is 0 Å². The molecule has 0 rings (SSSR count). The standard InChI is InChI=1S/H5O9P3S/c1-10(2,3)8-12(7,13)9-11(4,5)6/h(H,7,13)(H2,1,2,3)(H2,4,5,6). The van der Waals surface area contributed by atoms with Gasteiger partial charge in [-0.25, -0.2) is 17.8 Å². The van der Waals surface area contributed by atoms with Gasteiger partial charge in [0.15, 0.2) is 0 Å². The van der Waals surface area contributed by atoms with Crippen molar-refractivity contribution < 1.29 is 42.2 Å². The van der Waals surface area contributed by atoms with Crippen molar-refractivity contribution in [3.8, 4) is 0 Å². The molecule has 0 atom stereocenters. The topological polar surface area (TPSA) is 154 Å². The maximum atomic E-state index is 10.1. The highest BCUT2D eigenvalue weighted by atomic mass is 32.5. The van der Waals surface area contributed by atoms with Crippen LogP contribution in [-0.2, 0) is 29.6 Å². The second-order valence-electron chi connectivity index (χ2n) is 1.61. The number of hydrogen-bond acceptors (Lipinski definition) is 5. The molecule has 0 heterocycles. The predicted molar refractivity (Wildman–Crippen MR) is 42.8 cm³/mol. The molecule has 0 saturated carbocycles. The van der Waals surface area contributed by atoms with E-state index < -0.39 is 22.4 Å². The van der Waals surface area contributed by atoms with Crippen LogP contribution in [0.25, 0.3) is 0 Å². The average Bonchev–Trinajstić information content (AvgIpc) is 1.43. The molecule has 0 aromatic carbocycles. The third kappa shape index (κ3) is 9.14. The summed E-state index contributed by atoms with van der Waals surface area (Å²) < 4.78 is 27.0. The summed E-state index contributed by atoms with van der Waals surface area (Å²) in [4.78, 5) is 41.1. The van der Waals surface area contributed by atoms with Crippen molar-refractivity contribution in [1.82, 2.24) is 0 Å². The van der Waals surface area contributed by atoms with Gasteiger partial charge in [0.05, 0.1) is 0 Å². The highest BCUT2D eigenvalue weighted by Crippen LogP contribution is 2.64. The van der Waals surface area contributed by atoms with Crippen LogP contribution >= 0.6 is 22.4 Å². The Morgan fingerprint density at radius 3 is 1.23 bits per heavy atom. The zero-order valence-electron chi connectivity index (χ0n) is 5.62. The smallest absolute Gasteiger partial charge is 0.324 e. The van der Waals surface area contributed by atoms with Crippen LogP contribution in [0.3, 0.4) is 0 Å². The Labute approximate surface area is 77.1 Å². The van der Waals surface area contributed by atoms with E-state index in [1.807, 2.05) is 0 Å². The average molecular weight is 274 g/mol. The molecule has 0 aliphatic rings. The normalized spacial score (nSPS) is 14.5. The minimum atomic E-state index is -5.15. The van der Waals surface area contributed by atoms with Crippen LogP contribution in [-0.4, -0.2) is 24.5 Å². The Bertz CT molecular complexity index is 277. The lowest BCUT2D eigenvalue weighted by molar-refractivity contribution is 0.236. The molecule has 0 aromatic heterocycles. The maximum absolute atomic E-state index is 10.1. The highest BCUT2D eigenvalue weighted by Gasteiger charge is 2.34. The van der Waals surface area contributed by atoms with Gasteiger partial charge >= 0.3 is 22.4 Å². The van der Waals surface area contributed by atoms with Crippen LogP contribution in [0, 0.1) is 0 Å². The first kappa shape index (κ1) is 13.8. The van der Waals surface area contributed by atoms with E-state index in [1.54, 1.807) is 0 Å². The van der Waals surface area contributed by atoms with Crippen LogP contribution in [0.2, 0.25) is 0 Å². The molecule has 9 nitrogen and oxygen atoms in total. The second-order valence-corrected chi connectivity index (χ2v) is 7.20. The lowest BCUT2D eigenvalue weighted by Crippen LogP contribution is -1.91. The first-order chi connectivity index (χ1) is 5.41. The van der Waals surface area contributed by atoms with E-state index in [-0.39, 0.29) is 0 Å². The lowest BCUT2D eigenvalue weighted by atomic mass is 15.7. The molecule has 0 fully saturated rings. The third-order valence-electron chi connectivity index (χ3n) is 0.419.